The van der Waals surface area contributed by atoms with Gasteiger partial charge in [0, 0.05) is 0 Å². The van der Waals surface area contributed by atoms with Crippen molar-refractivity contribution in [1.82, 2.24) is 0 Å². The summed E-state index contributed by atoms with van der Waals surface area (Å²) in [5.41, 5.74) is 2.06. The summed E-state index contributed by atoms with van der Waals surface area (Å²) in [5, 5.41) is 27.2. The van der Waals surface area contributed by atoms with Crippen LogP contribution in [0.25, 0.3) is 11.6 Å². The van der Waals surface area contributed by atoms with E-state index in [1.54, 1.807) is 30.3 Å². The summed E-state index contributed by atoms with van der Waals surface area (Å²) in [5.74, 6) is -0.851. The van der Waals surface area contributed by atoms with Crippen LogP contribution in [0, 0.1) is 11.3 Å². The normalized spacial score (nSPS) is 10.8. The number of aromatic carboxylic acids is 1. The molecule has 0 aromatic heterocycles. The standard InChI is InChI=1S/C16H11NO3/c17-10-14(12-5-7-15(18)8-6-12)9-11-1-3-13(4-2-11)16(19)20/h1-9,18H,(H,19,20)/b14-9+. The van der Waals surface area contributed by atoms with Gasteiger partial charge < -0.3 is 10.2 Å². The van der Waals surface area contributed by atoms with Gasteiger partial charge in [-0.05, 0) is 53.6 Å². The van der Waals surface area contributed by atoms with E-state index < -0.39 is 5.97 Å². The van der Waals surface area contributed by atoms with Crippen LogP contribution in [0.15, 0.2) is 48.5 Å². The Morgan fingerprint density at radius 1 is 1.00 bits per heavy atom. The van der Waals surface area contributed by atoms with Crippen molar-refractivity contribution >= 4 is 17.6 Å². The van der Waals surface area contributed by atoms with Gasteiger partial charge in [0.05, 0.1) is 17.2 Å². The molecule has 0 heterocycles. The van der Waals surface area contributed by atoms with E-state index in [0.717, 1.165) is 5.56 Å². The Balaban J connectivity index is 2.34. The molecule has 4 heteroatoms. The maximum atomic E-state index is 10.8. The molecular formula is C16H11NO3. The molecule has 20 heavy (non-hydrogen) atoms. The molecule has 0 saturated carbocycles. The highest BCUT2D eigenvalue weighted by Gasteiger charge is 2.03. The number of aromatic hydroxyl groups is 1. The molecule has 0 atom stereocenters. The number of allylic oxidation sites excluding steroid dienone is 1. The summed E-state index contributed by atoms with van der Waals surface area (Å²) in [6.45, 7) is 0. The third-order valence-electron chi connectivity index (χ3n) is 2.77. The van der Waals surface area contributed by atoms with Crippen LogP contribution in [-0.2, 0) is 0 Å². The Bertz CT molecular complexity index is 692. The number of phenols is 1. The highest BCUT2D eigenvalue weighted by molar-refractivity contribution is 5.91. The minimum atomic E-state index is -0.987. The lowest BCUT2D eigenvalue weighted by molar-refractivity contribution is 0.0697. The molecule has 0 radical (unpaired) electrons. The molecule has 0 bridgehead atoms. The van der Waals surface area contributed by atoms with Gasteiger partial charge >= 0.3 is 5.97 Å². The minimum absolute atomic E-state index is 0.136. The van der Waals surface area contributed by atoms with Gasteiger partial charge in [-0.25, -0.2) is 4.79 Å². The van der Waals surface area contributed by atoms with Crippen molar-refractivity contribution in [2.45, 2.75) is 0 Å². The van der Waals surface area contributed by atoms with Crippen LogP contribution in [0.2, 0.25) is 0 Å². The summed E-state index contributed by atoms with van der Waals surface area (Å²) in [6, 6.07) is 14.7. The minimum Gasteiger partial charge on any atom is -0.508 e. The van der Waals surface area contributed by atoms with E-state index in [-0.39, 0.29) is 11.3 Å². The van der Waals surface area contributed by atoms with E-state index in [0.29, 0.717) is 11.1 Å². The summed E-state index contributed by atoms with van der Waals surface area (Å²) in [4.78, 5) is 10.8. The lowest BCUT2D eigenvalue weighted by Crippen LogP contribution is -1.94. The maximum absolute atomic E-state index is 10.8. The topological polar surface area (TPSA) is 81.3 Å². The zero-order valence-corrected chi connectivity index (χ0v) is 10.4. The lowest BCUT2D eigenvalue weighted by Gasteiger charge is -2.01. The van der Waals surface area contributed by atoms with Crippen molar-refractivity contribution in [2.75, 3.05) is 0 Å². The smallest absolute Gasteiger partial charge is 0.335 e. The molecule has 2 aromatic rings. The van der Waals surface area contributed by atoms with E-state index in [1.807, 2.05) is 0 Å². The molecule has 4 nitrogen and oxygen atoms in total. The second kappa shape index (κ2) is 5.72. The third-order valence-corrected chi connectivity index (χ3v) is 2.77. The molecule has 0 fully saturated rings. The zero-order valence-electron chi connectivity index (χ0n) is 10.4. The van der Waals surface area contributed by atoms with Crippen LogP contribution in [0.3, 0.4) is 0 Å². The van der Waals surface area contributed by atoms with Crippen LogP contribution >= 0.6 is 0 Å². The zero-order chi connectivity index (χ0) is 14.5. The molecule has 0 amide bonds. The number of benzene rings is 2. The average Bonchev–Trinajstić information content (AvgIpc) is 2.46. The molecule has 0 aliphatic rings. The Labute approximate surface area is 115 Å². The van der Waals surface area contributed by atoms with Gasteiger partial charge in [0.25, 0.3) is 0 Å². The quantitative estimate of drug-likeness (QED) is 0.659. The SMILES string of the molecule is N#C/C(=C\c1ccc(C(=O)O)cc1)c1ccc(O)cc1. The Morgan fingerprint density at radius 2 is 1.55 bits per heavy atom. The fourth-order valence-electron chi connectivity index (χ4n) is 1.71. The van der Waals surface area contributed by atoms with E-state index in [1.165, 1.54) is 24.3 Å². The van der Waals surface area contributed by atoms with E-state index in [4.69, 9.17) is 5.11 Å². The van der Waals surface area contributed by atoms with Gasteiger partial charge in [-0.1, -0.05) is 12.1 Å². The van der Waals surface area contributed by atoms with Crippen molar-refractivity contribution < 1.29 is 15.0 Å². The molecule has 2 N–H and O–H groups in total. The average molecular weight is 265 g/mol. The van der Waals surface area contributed by atoms with Crippen LogP contribution in [0.1, 0.15) is 21.5 Å². The Hall–Kier alpha value is -3.06. The van der Waals surface area contributed by atoms with E-state index in [9.17, 15) is 15.2 Å². The summed E-state index contributed by atoms with van der Waals surface area (Å²) in [7, 11) is 0. The summed E-state index contributed by atoms with van der Waals surface area (Å²) in [6.07, 6.45) is 1.66. The van der Waals surface area contributed by atoms with Crippen molar-refractivity contribution in [1.29, 1.82) is 5.26 Å². The van der Waals surface area contributed by atoms with Gasteiger partial charge in [0.1, 0.15) is 5.75 Å². The van der Waals surface area contributed by atoms with Gasteiger partial charge in [0.2, 0.25) is 0 Å². The van der Waals surface area contributed by atoms with Crippen LogP contribution in [0.4, 0.5) is 0 Å². The third kappa shape index (κ3) is 3.03. The second-order valence-electron chi connectivity index (χ2n) is 4.14. The van der Waals surface area contributed by atoms with Crippen LogP contribution in [-0.4, -0.2) is 16.2 Å². The number of carbonyl (C=O) groups is 1. The monoisotopic (exact) mass is 265 g/mol. The molecule has 0 aliphatic carbocycles. The molecule has 0 spiro atoms. The summed E-state index contributed by atoms with van der Waals surface area (Å²) >= 11 is 0. The van der Waals surface area contributed by atoms with Gasteiger partial charge in [-0.15, -0.1) is 0 Å². The van der Waals surface area contributed by atoms with Crippen molar-refractivity contribution in [2.24, 2.45) is 0 Å². The first kappa shape index (κ1) is 13.4. The van der Waals surface area contributed by atoms with E-state index >= 15 is 0 Å². The Morgan fingerprint density at radius 3 is 2.05 bits per heavy atom. The largest absolute Gasteiger partial charge is 0.508 e. The molecule has 0 aliphatic heterocycles. The van der Waals surface area contributed by atoms with Crippen molar-refractivity contribution in [3.05, 3.63) is 65.2 Å². The number of nitrogens with zero attached hydrogens (tertiary/aromatic N) is 1. The fourth-order valence-corrected chi connectivity index (χ4v) is 1.71. The number of hydrogen-bond donors (Lipinski definition) is 2. The number of carboxylic acids is 1. The maximum Gasteiger partial charge on any atom is 0.335 e. The highest BCUT2D eigenvalue weighted by Crippen LogP contribution is 2.20. The Kier molecular flexibility index (Phi) is 3.82. The molecule has 0 saturated heterocycles. The number of phenolic OH excluding ortho intramolecular Hbond substituents is 1. The number of nitriles is 1. The van der Waals surface area contributed by atoms with Gasteiger partial charge in [-0.3, -0.25) is 0 Å². The second-order valence-corrected chi connectivity index (χ2v) is 4.14. The first-order valence-corrected chi connectivity index (χ1v) is 5.85. The molecule has 0 unspecified atom stereocenters. The fraction of sp³-hybridized carbons (Fsp3) is 0. The van der Waals surface area contributed by atoms with Crippen molar-refractivity contribution in [3.8, 4) is 11.8 Å². The number of hydrogen-bond acceptors (Lipinski definition) is 3. The first-order chi connectivity index (χ1) is 9.60. The highest BCUT2D eigenvalue weighted by atomic mass is 16.4. The molecule has 2 rings (SSSR count). The predicted molar refractivity (Wildman–Crippen MR) is 75.0 cm³/mol. The molecule has 98 valence electrons. The molecule has 2 aromatic carbocycles. The lowest BCUT2D eigenvalue weighted by atomic mass is 10.0. The van der Waals surface area contributed by atoms with Crippen molar-refractivity contribution in [3.63, 3.8) is 0 Å². The number of rotatable bonds is 3. The number of carboxylic acid groups (broad SMARTS) is 1. The van der Waals surface area contributed by atoms with Crippen LogP contribution < -0.4 is 0 Å². The molecular weight excluding hydrogens is 254 g/mol. The van der Waals surface area contributed by atoms with E-state index in [2.05, 4.69) is 6.07 Å². The summed E-state index contributed by atoms with van der Waals surface area (Å²) < 4.78 is 0. The van der Waals surface area contributed by atoms with Crippen LogP contribution in [0.5, 0.6) is 5.75 Å². The predicted octanol–water partition coefficient (Wildman–Crippen LogP) is 3.15. The van der Waals surface area contributed by atoms with Gasteiger partial charge in [-0.2, -0.15) is 5.26 Å². The van der Waals surface area contributed by atoms with Gasteiger partial charge in [0.15, 0.2) is 0 Å². The first-order valence-electron chi connectivity index (χ1n) is 5.85.